The molecular weight excluding hydrogens is 208 g/mol. The van der Waals surface area contributed by atoms with Gasteiger partial charge in [-0.3, -0.25) is 4.79 Å². The summed E-state index contributed by atoms with van der Waals surface area (Å²) in [5.41, 5.74) is 4.51. The Labute approximate surface area is 95.4 Å². The van der Waals surface area contributed by atoms with Crippen molar-refractivity contribution in [2.45, 2.75) is 39.7 Å². The summed E-state index contributed by atoms with van der Waals surface area (Å²) in [4.78, 5) is 22.9. The summed E-state index contributed by atoms with van der Waals surface area (Å²) in [5.74, 6) is -1.23. The third-order valence-electron chi connectivity index (χ3n) is 3.11. The zero-order chi connectivity index (χ0) is 12.6. The van der Waals surface area contributed by atoms with Crippen LogP contribution in [-0.4, -0.2) is 29.6 Å². The van der Waals surface area contributed by atoms with Crippen LogP contribution in [0.25, 0.3) is 0 Å². The van der Waals surface area contributed by atoms with Crippen molar-refractivity contribution in [3.63, 3.8) is 0 Å². The fourth-order valence-electron chi connectivity index (χ4n) is 1.61. The molecule has 1 fully saturated rings. The predicted octanol–water partition coefficient (Wildman–Crippen LogP) is 0.341. The van der Waals surface area contributed by atoms with Crippen LogP contribution in [0, 0.1) is 10.8 Å². The smallest absolute Gasteiger partial charge is 0.326 e. The van der Waals surface area contributed by atoms with Gasteiger partial charge in [-0.1, -0.05) is 20.8 Å². The third kappa shape index (κ3) is 2.52. The van der Waals surface area contributed by atoms with Gasteiger partial charge in [0.25, 0.3) is 0 Å². The number of carboxylic acids is 1. The minimum absolute atomic E-state index is 0.225. The zero-order valence-corrected chi connectivity index (χ0v) is 10.0. The molecule has 92 valence electrons. The fourth-order valence-corrected chi connectivity index (χ4v) is 1.61. The molecule has 0 radical (unpaired) electrons. The van der Waals surface area contributed by atoms with Gasteiger partial charge in [0.15, 0.2) is 0 Å². The molecule has 1 saturated carbocycles. The second-order valence-corrected chi connectivity index (χ2v) is 5.60. The quantitative estimate of drug-likeness (QED) is 0.647. The van der Waals surface area contributed by atoms with E-state index in [9.17, 15) is 9.59 Å². The first kappa shape index (κ1) is 13.0. The highest BCUT2D eigenvalue weighted by Crippen LogP contribution is 2.45. The lowest BCUT2D eigenvalue weighted by Gasteiger charge is -2.29. The second kappa shape index (κ2) is 4.05. The number of aliphatic carboxylic acids is 1. The maximum absolute atomic E-state index is 11.9. The maximum atomic E-state index is 11.9. The van der Waals surface area contributed by atoms with Crippen LogP contribution in [0.3, 0.4) is 0 Å². The summed E-state index contributed by atoms with van der Waals surface area (Å²) < 4.78 is 0. The van der Waals surface area contributed by atoms with Crippen LogP contribution in [-0.2, 0) is 9.59 Å². The summed E-state index contributed by atoms with van der Waals surface area (Å²) in [5, 5.41) is 11.7. The van der Waals surface area contributed by atoms with E-state index in [-0.39, 0.29) is 12.5 Å². The number of carbonyl (C=O) groups is 2. The zero-order valence-electron chi connectivity index (χ0n) is 10.0. The van der Waals surface area contributed by atoms with Gasteiger partial charge in [-0.15, -0.1) is 0 Å². The van der Waals surface area contributed by atoms with Gasteiger partial charge in [0.05, 0.1) is 5.41 Å². The lowest BCUT2D eigenvalue weighted by Crippen LogP contribution is -2.52. The van der Waals surface area contributed by atoms with E-state index in [1.807, 2.05) is 0 Å². The molecule has 5 nitrogen and oxygen atoms in total. The molecule has 1 aliphatic carbocycles. The molecule has 1 amide bonds. The van der Waals surface area contributed by atoms with Crippen molar-refractivity contribution in [3.05, 3.63) is 0 Å². The molecule has 1 atom stereocenters. The van der Waals surface area contributed by atoms with Crippen LogP contribution in [0.4, 0.5) is 0 Å². The topological polar surface area (TPSA) is 92.4 Å². The van der Waals surface area contributed by atoms with Crippen molar-refractivity contribution in [2.24, 2.45) is 16.6 Å². The Hall–Kier alpha value is -1.10. The van der Waals surface area contributed by atoms with E-state index in [0.717, 1.165) is 12.8 Å². The molecule has 0 aromatic carbocycles. The Kier molecular flexibility index (Phi) is 3.28. The lowest BCUT2D eigenvalue weighted by molar-refractivity contribution is -0.145. The normalized spacial score (nSPS) is 20.0. The van der Waals surface area contributed by atoms with Crippen molar-refractivity contribution >= 4 is 11.9 Å². The van der Waals surface area contributed by atoms with Crippen molar-refractivity contribution in [1.29, 1.82) is 0 Å². The number of carboxylic acid groups (broad SMARTS) is 1. The summed E-state index contributed by atoms with van der Waals surface area (Å²) in [7, 11) is 0. The molecule has 0 aromatic rings. The van der Waals surface area contributed by atoms with Gasteiger partial charge in [-0.05, 0) is 18.3 Å². The van der Waals surface area contributed by atoms with Gasteiger partial charge in [0.2, 0.25) is 5.91 Å². The monoisotopic (exact) mass is 228 g/mol. The number of rotatable bonds is 4. The highest BCUT2D eigenvalue weighted by atomic mass is 16.4. The van der Waals surface area contributed by atoms with E-state index in [1.54, 1.807) is 20.8 Å². The van der Waals surface area contributed by atoms with Gasteiger partial charge in [-0.2, -0.15) is 0 Å². The first-order valence-corrected chi connectivity index (χ1v) is 5.47. The molecule has 1 aliphatic rings. The van der Waals surface area contributed by atoms with Crippen LogP contribution in [0.15, 0.2) is 0 Å². The summed E-state index contributed by atoms with van der Waals surface area (Å²) in [6.07, 6.45) is 1.51. The van der Waals surface area contributed by atoms with Crippen molar-refractivity contribution in [2.75, 3.05) is 6.54 Å². The highest BCUT2D eigenvalue weighted by molar-refractivity contribution is 5.89. The van der Waals surface area contributed by atoms with Crippen LogP contribution in [0.5, 0.6) is 0 Å². The van der Waals surface area contributed by atoms with Crippen LogP contribution < -0.4 is 11.1 Å². The molecular formula is C11H20N2O3. The average Bonchev–Trinajstić information content (AvgIpc) is 2.91. The first-order chi connectivity index (χ1) is 7.23. The number of nitrogens with two attached hydrogens (primary N) is 1. The number of carbonyl (C=O) groups excluding carboxylic acids is 1. The largest absolute Gasteiger partial charge is 0.480 e. The van der Waals surface area contributed by atoms with E-state index >= 15 is 0 Å². The number of hydrogen-bond acceptors (Lipinski definition) is 3. The first-order valence-electron chi connectivity index (χ1n) is 5.47. The Morgan fingerprint density at radius 1 is 1.44 bits per heavy atom. The number of hydrogen-bond donors (Lipinski definition) is 3. The molecule has 0 aliphatic heterocycles. The molecule has 0 bridgehead atoms. The number of nitrogens with one attached hydrogen (secondary N) is 1. The highest BCUT2D eigenvalue weighted by Gasteiger charge is 2.50. The fraction of sp³-hybridized carbons (Fsp3) is 0.818. The summed E-state index contributed by atoms with van der Waals surface area (Å²) in [6, 6.07) is -0.871. The summed E-state index contributed by atoms with van der Waals surface area (Å²) in [6.45, 7) is 5.64. The van der Waals surface area contributed by atoms with Gasteiger partial charge in [-0.25, -0.2) is 4.79 Å². The van der Waals surface area contributed by atoms with E-state index < -0.39 is 22.8 Å². The van der Waals surface area contributed by atoms with Gasteiger partial charge in [0, 0.05) is 6.54 Å². The average molecular weight is 228 g/mol. The van der Waals surface area contributed by atoms with Gasteiger partial charge < -0.3 is 16.2 Å². The molecule has 4 N–H and O–H groups in total. The molecule has 1 unspecified atom stereocenters. The van der Waals surface area contributed by atoms with Crippen molar-refractivity contribution in [3.8, 4) is 0 Å². The molecule has 0 saturated heterocycles. The SMILES string of the molecule is CC(C)(C)C(NC(=O)C1(CN)CC1)C(=O)O. The van der Waals surface area contributed by atoms with Crippen molar-refractivity contribution in [1.82, 2.24) is 5.32 Å². The Balaban J connectivity index is 2.70. The van der Waals surface area contributed by atoms with Gasteiger partial charge >= 0.3 is 5.97 Å². The van der Waals surface area contributed by atoms with E-state index in [1.165, 1.54) is 0 Å². The molecule has 0 spiro atoms. The minimum atomic E-state index is -1.01. The van der Waals surface area contributed by atoms with Crippen LogP contribution in [0.2, 0.25) is 0 Å². The second-order valence-electron chi connectivity index (χ2n) is 5.60. The van der Waals surface area contributed by atoms with E-state index in [2.05, 4.69) is 5.32 Å². The predicted molar refractivity (Wildman–Crippen MR) is 59.7 cm³/mol. The third-order valence-corrected chi connectivity index (χ3v) is 3.11. The van der Waals surface area contributed by atoms with Crippen LogP contribution in [0.1, 0.15) is 33.6 Å². The Morgan fingerprint density at radius 3 is 2.19 bits per heavy atom. The standard InChI is InChI=1S/C11H20N2O3/c1-10(2,3)7(8(14)15)13-9(16)11(6-12)4-5-11/h7H,4-6,12H2,1-3H3,(H,13,16)(H,14,15). The minimum Gasteiger partial charge on any atom is -0.480 e. The van der Waals surface area contributed by atoms with E-state index in [0.29, 0.717) is 0 Å². The summed E-state index contributed by atoms with van der Waals surface area (Å²) >= 11 is 0. The van der Waals surface area contributed by atoms with Crippen molar-refractivity contribution < 1.29 is 14.7 Å². The molecule has 0 aromatic heterocycles. The molecule has 1 rings (SSSR count). The number of amides is 1. The van der Waals surface area contributed by atoms with E-state index in [4.69, 9.17) is 10.8 Å². The molecule has 0 heterocycles. The Bertz CT molecular complexity index is 303. The maximum Gasteiger partial charge on any atom is 0.326 e. The molecule has 5 heteroatoms. The molecule has 16 heavy (non-hydrogen) atoms. The van der Waals surface area contributed by atoms with Gasteiger partial charge in [0.1, 0.15) is 6.04 Å². The Morgan fingerprint density at radius 2 is 1.94 bits per heavy atom. The lowest BCUT2D eigenvalue weighted by atomic mass is 9.86. The van der Waals surface area contributed by atoms with Crippen LogP contribution >= 0.6 is 0 Å².